The number of hydrogen-bond donors (Lipinski definition) is 2. The fourth-order valence-corrected chi connectivity index (χ4v) is 6.29. The van der Waals surface area contributed by atoms with Gasteiger partial charge in [0.1, 0.15) is 5.75 Å². The molecule has 0 spiro atoms. The zero-order valence-corrected chi connectivity index (χ0v) is 20.9. The molecule has 0 radical (unpaired) electrons. The number of benzene rings is 1. The largest absolute Gasteiger partial charge is 0.507 e. The van der Waals surface area contributed by atoms with Crippen molar-refractivity contribution in [3.8, 4) is 5.75 Å². The van der Waals surface area contributed by atoms with Crippen molar-refractivity contribution in [2.75, 3.05) is 7.05 Å². The van der Waals surface area contributed by atoms with Crippen LogP contribution < -0.4 is 0 Å². The smallest absolute Gasteiger partial charge is 0.455 e. The Morgan fingerprint density at radius 3 is 2.47 bits per heavy atom. The third kappa shape index (κ3) is 4.48. The van der Waals surface area contributed by atoms with Gasteiger partial charge in [0.05, 0.1) is 17.9 Å². The third-order valence-corrected chi connectivity index (χ3v) is 7.86. The lowest BCUT2D eigenvalue weighted by Gasteiger charge is -2.42. The van der Waals surface area contributed by atoms with Crippen LogP contribution in [0, 0.1) is 31.6 Å². The SMILES string of the molecule is CCC/C(=C\c1cc(C)c(O)c(C)c1)CC[C@H]1OB(O)C[C@H]2C1=C(C)C[C@H]1C(=O)N(C)C(=O)[C@H]12. The van der Waals surface area contributed by atoms with Crippen molar-refractivity contribution < 1.29 is 24.4 Å². The van der Waals surface area contributed by atoms with E-state index in [2.05, 4.69) is 13.0 Å². The molecule has 182 valence electrons. The number of nitrogens with zero attached hydrogens (tertiary/aromatic N) is 1. The molecular formula is C27H36BNO5. The van der Waals surface area contributed by atoms with Gasteiger partial charge in [-0.2, -0.15) is 0 Å². The lowest BCUT2D eigenvalue weighted by molar-refractivity contribution is -0.138. The molecule has 2 fully saturated rings. The number of aromatic hydroxyl groups is 1. The monoisotopic (exact) mass is 465 g/mol. The number of fused-ring (bicyclic) bond motifs is 3. The number of rotatable bonds is 6. The van der Waals surface area contributed by atoms with Crippen molar-refractivity contribution in [3.05, 3.63) is 45.5 Å². The molecule has 0 unspecified atom stereocenters. The maximum absolute atomic E-state index is 12.9. The minimum atomic E-state index is -0.930. The highest BCUT2D eigenvalue weighted by Crippen LogP contribution is 2.50. The average Bonchev–Trinajstić information content (AvgIpc) is 2.99. The van der Waals surface area contributed by atoms with Crippen molar-refractivity contribution in [3.63, 3.8) is 0 Å². The number of aryl methyl sites for hydroxylation is 2. The molecule has 1 aromatic carbocycles. The second kappa shape index (κ2) is 9.71. The molecule has 4 atom stereocenters. The van der Waals surface area contributed by atoms with Crippen molar-refractivity contribution in [1.82, 2.24) is 4.90 Å². The maximum Gasteiger partial charge on any atom is 0.455 e. The van der Waals surface area contributed by atoms with Gasteiger partial charge < -0.3 is 14.8 Å². The average molecular weight is 465 g/mol. The predicted octanol–water partition coefficient (Wildman–Crippen LogP) is 4.42. The third-order valence-electron chi connectivity index (χ3n) is 7.86. The molecule has 2 heterocycles. The summed E-state index contributed by atoms with van der Waals surface area (Å²) in [6, 6.07) is 4.00. The number of amides is 2. The molecule has 3 aliphatic rings. The van der Waals surface area contributed by atoms with E-state index in [1.165, 1.54) is 10.5 Å². The van der Waals surface area contributed by atoms with Crippen LogP contribution in [0.25, 0.3) is 6.08 Å². The first kappa shape index (κ1) is 24.7. The molecule has 0 bridgehead atoms. The van der Waals surface area contributed by atoms with Crippen LogP contribution >= 0.6 is 0 Å². The topological polar surface area (TPSA) is 87.1 Å². The van der Waals surface area contributed by atoms with Crippen LogP contribution in [0.5, 0.6) is 5.75 Å². The van der Waals surface area contributed by atoms with Crippen LogP contribution in [-0.2, 0) is 14.2 Å². The van der Waals surface area contributed by atoms with Gasteiger partial charge in [0.15, 0.2) is 0 Å². The molecule has 34 heavy (non-hydrogen) atoms. The number of phenolic OH excluding ortho intramolecular Hbond substituents is 1. The van der Waals surface area contributed by atoms with Gasteiger partial charge in [-0.1, -0.05) is 30.6 Å². The van der Waals surface area contributed by atoms with Crippen molar-refractivity contribution >= 4 is 25.0 Å². The van der Waals surface area contributed by atoms with Crippen molar-refractivity contribution in [2.45, 2.75) is 72.2 Å². The van der Waals surface area contributed by atoms with E-state index >= 15 is 0 Å². The Bertz CT molecular complexity index is 1040. The van der Waals surface area contributed by atoms with E-state index in [0.29, 0.717) is 18.5 Å². The minimum absolute atomic E-state index is 0.0985. The Morgan fingerprint density at radius 1 is 1.15 bits per heavy atom. The first-order valence-electron chi connectivity index (χ1n) is 12.5. The lowest BCUT2D eigenvalue weighted by atomic mass is 9.58. The fraction of sp³-hybridized carbons (Fsp3) is 0.556. The Labute approximate surface area is 202 Å². The van der Waals surface area contributed by atoms with Crippen LogP contribution in [0.15, 0.2) is 28.9 Å². The van der Waals surface area contributed by atoms with Gasteiger partial charge in [-0.3, -0.25) is 14.5 Å². The van der Waals surface area contributed by atoms with E-state index in [9.17, 15) is 19.7 Å². The van der Waals surface area contributed by atoms with Gasteiger partial charge in [-0.15, -0.1) is 0 Å². The first-order valence-corrected chi connectivity index (χ1v) is 12.5. The summed E-state index contributed by atoms with van der Waals surface area (Å²) < 4.78 is 6.02. The van der Waals surface area contributed by atoms with Gasteiger partial charge in [0.25, 0.3) is 0 Å². The number of carbonyl (C=O) groups is 2. The highest BCUT2D eigenvalue weighted by molar-refractivity contribution is 6.43. The number of phenols is 1. The van der Waals surface area contributed by atoms with Crippen molar-refractivity contribution in [1.29, 1.82) is 0 Å². The molecule has 2 saturated heterocycles. The molecular weight excluding hydrogens is 429 g/mol. The van der Waals surface area contributed by atoms with Crippen LogP contribution in [0.3, 0.4) is 0 Å². The van der Waals surface area contributed by atoms with Gasteiger partial charge >= 0.3 is 7.12 Å². The van der Waals surface area contributed by atoms with Crippen LogP contribution in [-0.4, -0.2) is 47.1 Å². The second-order valence-corrected chi connectivity index (χ2v) is 10.3. The van der Waals surface area contributed by atoms with Gasteiger partial charge in [-0.25, -0.2) is 0 Å². The number of hydrogen-bond acceptors (Lipinski definition) is 5. The second-order valence-electron chi connectivity index (χ2n) is 10.3. The first-order chi connectivity index (χ1) is 16.1. The number of carbonyl (C=O) groups excluding carboxylic acids is 2. The van der Waals surface area contributed by atoms with E-state index in [1.54, 1.807) is 7.05 Å². The summed E-state index contributed by atoms with van der Waals surface area (Å²) in [7, 11) is 0.639. The molecule has 2 aliphatic heterocycles. The zero-order chi connectivity index (χ0) is 24.7. The summed E-state index contributed by atoms with van der Waals surface area (Å²) in [4.78, 5) is 26.8. The summed E-state index contributed by atoms with van der Waals surface area (Å²) >= 11 is 0. The Balaban J connectivity index is 1.58. The number of likely N-dealkylation sites (tertiary alicyclic amines) is 1. The fourth-order valence-electron chi connectivity index (χ4n) is 6.29. The molecule has 6 nitrogen and oxygen atoms in total. The lowest BCUT2D eigenvalue weighted by Crippen LogP contribution is -2.45. The summed E-state index contributed by atoms with van der Waals surface area (Å²) in [6.07, 6.45) is 6.40. The van der Waals surface area contributed by atoms with Crippen LogP contribution in [0.2, 0.25) is 6.32 Å². The molecule has 0 saturated carbocycles. The van der Waals surface area contributed by atoms with Gasteiger partial charge in [-0.05, 0) is 93.1 Å². The summed E-state index contributed by atoms with van der Waals surface area (Å²) in [5.74, 6) is -0.719. The highest BCUT2D eigenvalue weighted by atomic mass is 16.5. The summed E-state index contributed by atoms with van der Waals surface area (Å²) in [6.45, 7) is 8.03. The summed E-state index contributed by atoms with van der Waals surface area (Å²) in [5, 5.41) is 20.6. The van der Waals surface area contributed by atoms with E-state index in [-0.39, 0.29) is 35.7 Å². The number of imide groups is 1. The molecule has 0 aromatic heterocycles. The quantitative estimate of drug-likeness (QED) is 0.369. The molecule has 2 N–H and O–H groups in total. The Morgan fingerprint density at radius 2 is 1.82 bits per heavy atom. The van der Waals surface area contributed by atoms with E-state index in [1.807, 2.05) is 32.9 Å². The predicted molar refractivity (Wildman–Crippen MR) is 133 cm³/mol. The van der Waals surface area contributed by atoms with E-state index in [4.69, 9.17) is 4.65 Å². The molecule has 1 aliphatic carbocycles. The van der Waals surface area contributed by atoms with Crippen molar-refractivity contribution in [2.24, 2.45) is 17.8 Å². The molecule has 7 heteroatoms. The standard InChI is InChI=1S/C27H36BNO5/c1-6-7-18(13-19-10-16(3)25(30)17(4)11-19)8-9-22-23-15(2)12-20-24(21(23)14-28(33)34-22)27(32)29(5)26(20)31/h10-11,13,20-22,24,30,33H,6-9,12,14H2,1-5H3/b18-13+/t20-,21+,22-,24-/m1/s1. The van der Waals surface area contributed by atoms with Gasteiger partial charge in [0, 0.05) is 7.05 Å². The zero-order valence-electron chi connectivity index (χ0n) is 20.9. The van der Waals surface area contributed by atoms with E-state index in [0.717, 1.165) is 53.5 Å². The Kier molecular flexibility index (Phi) is 7.06. The van der Waals surface area contributed by atoms with E-state index < -0.39 is 7.12 Å². The Hall–Kier alpha value is -2.38. The normalized spacial score (nSPS) is 27.4. The summed E-state index contributed by atoms with van der Waals surface area (Å²) in [5.41, 5.74) is 6.35. The molecule has 1 aromatic rings. The van der Waals surface area contributed by atoms with Crippen LogP contribution in [0.1, 0.15) is 62.6 Å². The highest BCUT2D eigenvalue weighted by Gasteiger charge is 2.55. The number of allylic oxidation sites excluding steroid dienone is 2. The maximum atomic E-state index is 12.9. The molecule has 2 amide bonds. The minimum Gasteiger partial charge on any atom is -0.507 e. The molecule has 4 rings (SSSR count). The van der Waals surface area contributed by atoms with Crippen LogP contribution in [0.4, 0.5) is 0 Å². The van der Waals surface area contributed by atoms with Gasteiger partial charge in [0.2, 0.25) is 11.8 Å².